The zero-order chi connectivity index (χ0) is 12.3. The van der Waals surface area contributed by atoms with Crippen LogP contribution in [0, 0.1) is 0 Å². The molecule has 0 fully saturated rings. The molecule has 92 valence electrons. The van der Waals surface area contributed by atoms with Crippen LogP contribution in [0.3, 0.4) is 0 Å². The van der Waals surface area contributed by atoms with Crippen molar-refractivity contribution in [3.63, 3.8) is 0 Å². The van der Waals surface area contributed by atoms with Gasteiger partial charge in [0.25, 0.3) is 5.91 Å². The molecule has 0 unspecified atom stereocenters. The summed E-state index contributed by atoms with van der Waals surface area (Å²) in [6.07, 6.45) is 3.84. The van der Waals surface area contributed by atoms with Crippen LogP contribution in [0.25, 0.3) is 0 Å². The maximum atomic E-state index is 11.9. The fourth-order valence-electron chi connectivity index (χ4n) is 1.94. The molecule has 0 radical (unpaired) electrons. The van der Waals surface area contributed by atoms with Crippen molar-refractivity contribution in [1.29, 1.82) is 0 Å². The molecular formula is C12H15NO4. The van der Waals surface area contributed by atoms with Gasteiger partial charge in [0.15, 0.2) is 0 Å². The Hall–Kier alpha value is -1.62. The van der Waals surface area contributed by atoms with E-state index < -0.39 is 0 Å². The number of nitrogens with zero attached hydrogens (tertiary/aromatic N) is 1. The van der Waals surface area contributed by atoms with Crippen molar-refractivity contribution in [2.24, 2.45) is 0 Å². The third-order valence-electron chi connectivity index (χ3n) is 2.87. The predicted molar refractivity (Wildman–Crippen MR) is 59.4 cm³/mol. The summed E-state index contributed by atoms with van der Waals surface area (Å²) in [5.74, 6) is -0.0120. The van der Waals surface area contributed by atoms with Gasteiger partial charge in [0, 0.05) is 13.2 Å². The SMILES string of the molecule is O=C1Cc2occc2C(=O)N1CCCCCO. The largest absolute Gasteiger partial charge is 0.468 e. The molecule has 2 heterocycles. The molecule has 1 aromatic heterocycles. The monoisotopic (exact) mass is 237 g/mol. The average Bonchev–Trinajstić information content (AvgIpc) is 2.76. The Labute approximate surface area is 99.0 Å². The van der Waals surface area contributed by atoms with E-state index in [4.69, 9.17) is 9.52 Å². The van der Waals surface area contributed by atoms with E-state index in [-0.39, 0.29) is 24.8 Å². The third kappa shape index (κ3) is 2.39. The van der Waals surface area contributed by atoms with E-state index in [2.05, 4.69) is 0 Å². The lowest BCUT2D eigenvalue weighted by Gasteiger charge is -2.24. The summed E-state index contributed by atoms with van der Waals surface area (Å²) in [6.45, 7) is 0.566. The summed E-state index contributed by atoms with van der Waals surface area (Å²) < 4.78 is 5.09. The number of aliphatic hydroxyl groups is 1. The molecule has 1 aliphatic heterocycles. The Kier molecular flexibility index (Phi) is 3.58. The number of carbonyl (C=O) groups is 2. The van der Waals surface area contributed by atoms with E-state index in [9.17, 15) is 9.59 Å². The lowest BCUT2D eigenvalue weighted by molar-refractivity contribution is -0.128. The number of unbranched alkanes of at least 4 members (excludes halogenated alkanes) is 2. The van der Waals surface area contributed by atoms with E-state index in [1.54, 1.807) is 6.07 Å². The minimum absolute atomic E-state index is 0.147. The van der Waals surface area contributed by atoms with Gasteiger partial charge in [0.1, 0.15) is 5.76 Å². The first-order valence-electron chi connectivity index (χ1n) is 5.76. The van der Waals surface area contributed by atoms with Crippen molar-refractivity contribution in [2.45, 2.75) is 25.7 Å². The summed E-state index contributed by atoms with van der Waals surface area (Å²) in [4.78, 5) is 24.9. The Morgan fingerprint density at radius 1 is 1.29 bits per heavy atom. The lowest BCUT2D eigenvalue weighted by Crippen LogP contribution is -2.42. The highest BCUT2D eigenvalue weighted by atomic mass is 16.3. The van der Waals surface area contributed by atoms with Crippen LogP contribution in [-0.4, -0.2) is 35.0 Å². The normalized spacial score (nSPS) is 15.2. The quantitative estimate of drug-likeness (QED) is 0.611. The van der Waals surface area contributed by atoms with Crippen LogP contribution in [0.15, 0.2) is 16.7 Å². The second-order valence-electron chi connectivity index (χ2n) is 4.07. The van der Waals surface area contributed by atoms with Gasteiger partial charge in [-0.1, -0.05) is 0 Å². The number of hydrogen-bond donors (Lipinski definition) is 1. The van der Waals surface area contributed by atoms with Gasteiger partial charge in [0.2, 0.25) is 5.91 Å². The molecule has 5 nitrogen and oxygen atoms in total. The van der Waals surface area contributed by atoms with Gasteiger partial charge < -0.3 is 9.52 Å². The van der Waals surface area contributed by atoms with Gasteiger partial charge in [-0.3, -0.25) is 14.5 Å². The second-order valence-corrected chi connectivity index (χ2v) is 4.07. The predicted octanol–water partition coefficient (Wildman–Crippen LogP) is 0.967. The average molecular weight is 237 g/mol. The number of imide groups is 1. The molecule has 0 bridgehead atoms. The number of rotatable bonds is 5. The maximum absolute atomic E-state index is 11.9. The Morgan fingerprint density at radius 2 is 2.12 bits per heavy atom. The molecule has 1 aliphatic rings. The highest BCUT2D eigenvalue weighted by Crippen LogP contribution is 2.21. The second kappa shape index (κ2) is 5.14. The van der Waals surface area contributed by atoms with E-state index in [1.807, 2.05) is 0 Å². The topological polar surface area (TPSA) is 70.8 Å². The number of amides is 2. The molecule has 0 aromatic carbocycles. The van der Waals surface area contributed by atoms with Crippen LogP contribution in [0.5, 0.6) is 0 Å². The summed E-state index contributed by atoms with van der Waals surface area (Å²) >= 11 is 0. The number of carbonyl (C=O) groups excluding carboxylic acids is 2. The van der Waals surface area contributed by atoms with Gasteiger partial charge in [0.05, 0.1) is 18.2 Å². The minimum atomic E-state index is -0.269. The van der Waals surface area contributed by atoms with Crippen LogP contribution in [0.1, 0.15) is 35.4 Å². The molecule has 17 heavy (non-hydrogen) atoms. The van der Waals surface area contributed by atoms with E-state index in [0.717, 1.165) is 12.8 Å². The molecule has 0 saturated heterocycles. The first-order chi connectivity index (χ1) is 8.24. The molecule has 2 amide bonds. The van der Waals surface area contributed by atoms with E-state index in [1.165, 1.54) is 11.2 Å². The molecule has 5 heteroatoms. The maximum Gasteiger partial charge on any atom is 0.264 e. The summed E-state index contributed by atoms with van der Waals surface area (Å²) in [5.41, 5.74) is 0.492. The van der Waals surface area contributed by atoms with Crippen molar-refractivity contribution < 1.29 is 19.1 Å². The van der Waals surface area contributed by atoms with Gasteiger partial charge in [-0.15, -0.1) is 0 Å². The molecular weight excluding hydrogens is 222 g/mol. The lowest BCUT2D eigenvalue weighted by atomic mass is 10.1. The van der Waals surface area contributed by atoms with Crippen molar-refractivity contribution in [1.82, 2.24) is 4.90 Å². The van der Waals surface area contributed by atoms with Gasteiger partial charge >= 0.3 is 0 Å². The summed E-state index contributed by atoms with van der Waals surface area (Å²) in [7, 11) is 0. The van der Waals surface area contributed by atoms with Crippen molar-refractivity contribution >= 4 is 11.8 Å². The Balaban J connectivity index is 1.99. The number of furan rings is 1. The molecule has 0 atom stereocenters. The van der Waals surface area contributed by atoms with E-state index >= 15 is 0 Å². The fourth-order valence-corrected chi connectivity index (χ4v) is 1.94. The molecule has 0 aliphatic carbocycles. The summed E-state index contributed by atoms with van der Waals surface area (Å²) in [5, 5.41) is 8.65. The van der Waals surface area contributed by atoms with Gasteiger partial charge in [-0.05, 0) is 25.3 Å². The van der Waals surface area contributed by atoms with Crippen molar-refractivity contribution in [3.8, 4) is 0 Å². The van der Waals surface area contributed by atoms with Crippen molar-refractivity contribution in [2.75, 3.05) is 13.2 Å². The van der Waals surface area contributed by atoms with Gasteiger partial charge in [-0.2, -0.15) is 0 Å². The Morgan fingerprint density at radius 3 is 2.88 bits per heavy atom. The highest BCUT2D eigenvalue weighted by molar-refractivity contribution is 6.09. The zero-order valence-corrected chi connectivity index (χ0v) is 9.52. The Bertz CT molecular complexity index is 424. The third-order valence-corrected chi connectivity index (χ3v) is 2.87. The number of aliphatic hydroxyl groups excluding tert-OH is 1. The molecule has 0 spiro atoms. The first-order valence-corrected chi connectivity index (χ1v) is 5.76. The van der Waals surface area contributed by atoms with Crippen LogP contribution in [0.2, 0.25) is 0 Å². The van der Waals surface area contributed by atoms with Crippen LogP contribution in [0.4, 0.5) is 0 Å². The fraction of sp³-hybridized carbons (Fsp3) is 0.500. The van der Waals surface area contributed by atoms with Crippen LogP contribution < -0.4 is 0 Å². The highest BCUT2D eigenvalue weighted by Gasteiger charge is 2.32. The van der Waals surface area contributed by atoms with Gasteiger partial charge in [-0.25, -0.2) is 0 Å². The zero-order valence-electron chi connectivity index (χ0n) is 9.52. The molecule has 1 N–H and O–H groups in total. The molecule has 0 saturated carbocycles. The molecule has 1 aromatic rings. The van der Waals surface area contributed by atoms with E-state index in [0.29, 0.717) is 24.3 Å². The van der Waals surface area contributed by atoms with Crippen molar-refractivity contribution in [3.05, 3.63) is 23.7 Å². The van der Waals surface area contributed by atoms with Crippen LogP contribution >= 0.6 is 0 Å². The summed E-state index contributed by atoms with van der Waals surface area (Å²) in [6, 6.07) is 1.60. The molecule has 2 rings (SSSR count). The minimum Gasteiger partial charge on any atom is -0.468 e. The number of fused-ring (bicyclic) bond motifs is 1. The number of hydrogen-bond acceptors (Lipinski definition) is 4. The first kappa shape index (κ1) is 11.9. The smallest absolute Gasteiger partial charge is 0.264 e. The standard InChI is InChI=1S/C12H15NO4/c14-6-3-1-2-5-13-11(15)8-10-9(12(13)16)4-7-17-10/h4,7,14H,1-3,5-6,8H2. The van der Waals surface area contributed by atoms with Crippen LogP contribution in [-0.2, 0) is 11.2 Å².